The summed E-state index contributed by atoms with van der Waals surface area (Å²) < 4.78 is 86.0. The first-order chi connectivity index (χ1) is 16.2. The number of nitrogens with zero attached hydrogens (tertiary/aromatic N) is 6. The SMILES string of the molecule is Fc1cc(C(F)(F)c2ccncc2)cc2[nH]c(-c3nncn3-c3cnccc3C(F)(F)F)nc12. The highest BCUT2D eigenvalue weighted by atomic mass is 19.4. The Balaban J connectivity index is 1.63. The number of alkyl halides is 5. The fraction of sp³-hybridized carbons (Fsp3) is 0.0952. The number of benzene rings is 1. The maximum Gasteiger partial charge on any atom is 0.418 e. The molecule has 7 nitrogen and oxygen atoms in total. The summed E-state index contributed by atoms with van der Waals surface area (Å²) in [4.78, 5) is 14.1. The van der Waals surface area contributed by atoms with E-state index in [1.807, 2.05) is 0 Å². The zero-order valence-corrected chi connectivity index (χ0v) is 16.7. The van der Waals surface area contributed by atoms with Crippen LogP contribution in [0.3, 0.4) is 0 Å². The molecule has 0 fully saturated rings. The van der Waals surface area contributed by atoms with E-state index in [0.29, 0.717) is 6.07 Å². The van der Waals surface area contributed by atoms with Gasteiger partial charge in [0.05, 0.1) is 23.0 Å². The topological polar surface area (TPSA) is 85.2 Å². The Morgan fingerprint density at radius 1 is 0.882 bits per heavy atom. The van der Waals surface area contributed by atoms with Crippen LogP contribution in [0, 0.1) is 5.82 Å². The summed E-state index contributed by atoms with van der Waals surface area (Å²) in [5.41, 5.74) is -2.83. The van der Waals surface area contributed by atoms with Gasteiger partial charge in [-0.25, -0.2) is 9.37 Å². The molecule has 13 heteroatoms. The summed E-state index contributed by atoms with van der Waals surface area (Å²) >= 11 is 0. The van der Waals surface area contributed by atoms with Crippen LogP contribution in [-0.4, -0.2) is 34.7 Å². The van der Waals surface area contributed by atoms with Crippen molar-refractivity contribution in [3.63, 3.8) is 0 Å². The van der Waals surface area contributed by atoms with E-state index in [-0.39, 0.29) is 28.4 Å². The van der Waals surface area contributed by atoms with Crippen molar-refractivity contribution in [3.8, 4) is 17.3 Å². The molecule has 1 aromatic carbocycles. The lowest BCUT2D eigenvalue weighted by Crippen LogP contribution is -2.15. The summed E-state index contributed by atoms with van der Waals surface area (Å²) in [5, 5.41) is 7.40. The molecule has 0 atom stereocenters. The third-order valence-electron chi connectivity index (χ3n) is 5.07. The van der Waals surface area contributed by atoms with Crippen LogP contribution in [0.25, 0.3) is 28.4 Å². The van der Waals surface area contributed by atoms with Gasteiger partial charge in [-0.05, 0) is 30.3 Å². The van der Waals surface area contributed by atoms with Crippen molar-refractivity contribution < 1.29 is 26.3 Å². The highest BCUT2D eigenvalue weighted by Crippen LogP contribution is 2.38. The number of fused-ring (bicyclic) bond motifs is 1. The zero-order valence-electron chi connectivity index (χ0n) is 16.7. The van der Waals surface area contributed by atoms with Gasteiger partial charge in [0.25, 0.3) is 5.92 Å². The summed E-state index contributed by atoms with van der Waals surface area (Å²) in [6.07, 6.45) is 0.630. The molecule has 0 amide bonds. The first-order valence-electron chi connectivity index (χ1n) is 9.56. The van der Waals surface area contributed by atoms with E-state index >= 15 is 0 Å². The van der Waals surface area contributed by atoms with Crippen LogP contribution in [0.15, 0.2) is 61.4 Å². The van der Waals surface area contributed by atoms with E-state index in [2.05, 4.69) is 30.1 Å². The average Bonchev–Trinajstić information content (AvgIpc) is 3.46. The molecule has 0 aliphatic carbocycles. The second-order valence-electron chi connectivity index (χ2n) is 7.17. The smallest absolute Gasteiger partial charge is 0.335 e. The molecule has 5 rings (SSSR count). The van der Waals surface area contributed by atoms with Crippen LogP contribution >= 0.6 is 0 Å². The number of halogens is 6. The Kier molecular flexibility index (Phi) is 4.84. The van der Waals surface area contributed by atoms with Crippen LogP contribution in [0.5, 0.6) is 0 Å². The molecule has 0 aliphatic rings. The Bertz CT molecular complexity index is 1490. The molecule has 4 aromatic heterocycles. The van der Waals surface area contributed by atoms with Crippen molar-refractivity contribution in [1.82, 2.24) is 34.7 Å². The number of H-pyrrole nitrogens is 1. The monoisotopic (exact) mass is 475 g/mol. The summed E-state index contributed by atoms with van der Waals surface area (Å²) in [7, 11) is 0. The predicted molar refractivity (Wildman–Crippen MR) is 106 cm³/mol. The first-order valence-corrected chi connectivity index (χ1v) is 9.56. The quantitative estimate of drug-likeness (QED) is 0.374. The number of rotatable bonds is 4. The molecule has 0 bridgehead atoms. The molecule has 172 valence electrons. The van der Waals surface area contributed by atoms with Gasteiger partial charge in [0.15, 0.2) is 11.6 Å². The van der Waals surface area contributed by atoms with Gasteiger partial charge >= 0.3 is 6.18 Å². The fourth-order valence-electron chi connectivity index (χ4n) is 3.48. The molecule has 0 saturated heterocycles. The minimum atomic E-state index is -4.70. The van der Waals surface area contributed by atoms with E-state index in [9.17, 15) is 26.3 Å². The number of aromatic amines is 1. The lowest BCUT2D eigenvalue weighted by atomic mass is 10.0. The molecule has 0 spiro atoms. The molecule has 0 aliphatic heterocycles. The standard InChI is InChI=1S/C21H11F6N7/c22-14-7-12(20(23,24)11-1-4-28-5-2-11)8-15-17(14)32-18(31-15)19-33-30-10-34(19)16-9-29-6-3-13(16)21(25,26)27/h1-10H,(H,31,32). The van der Waals surface area contributed by atoms with Crippen LogP contribution < -0.4 is 0 Å². The summed E-state index contributed by atoms with van der Waals surface area (Å²) in [6, 6.07) is 4.66. The molecular weight excluding hydrogens is 464 g/mol. The van der Waals surface area contributed by atoms with E-state index in [0.717, 1.165) is 47.6 Å². The molecule has 4 heterocycles. The second-order valence-corrected chi connectivity index (χ2v) is 7.17. The highest BCUT2D eigenvalue weighted by molar-refractivity contribution is 5.80. The van der Waals surface area contributed by atoms with Crippen molar-refractivity contribution in [3.05, 3.63) is 84.0 Å². The Morgan fingerprint density at radius 2 is 1.62 bits per heavy atom. The Labute approximate surface area is 186 Å². The number of hydrogen-bond donors (Lipinski definition) is 1. The van der Waals surface area contributed by atoms with E-state index in [4.69, 9.17) is 0 Å². The molecule has 5 aromatic rings. The van der Waals surface area contributed by atoms with Gasteiger partial charge < -0.3 is 4.98 Å². The lowest BCUT2D eigenvalue weighted by Gasteiger charge is -2.17. The molecule has 34 heavy (non-hydrogen) atoms. The first kappa shape index (κ1) is 21.6. The highest BCUT2D eigenvalue weighted by Gasteiger charge is 2.36. The lowest BCUT2D eigenvalue weighted by molar-refractivity contribution is -0.137. The van der Waals surface area contributed by atoms with Crippen LogP contribution in [-0.2, 0) is 12.1 Å². The van der Waals surface area contributed by atoms with Crippen molar-refractivity contribution in [2.45, 2.75) is 12.1 Å². The molecular formula is C21H11F6N7. The number of pyridine rings is 2. The predicted octanol–water partition coefficient (Wildman–Crippen LogP) is 4.90. The van der Waals surface area contributed by atoms with Crippen molar-refractivity contribution in [2.24, 2.45) is 0 Å². The number of imidazole rings is 1. The number of aromatic nitrogens is 7. The van der Waals surface area contributed by atoms with Gasteiger partial charge in [-0.1, -0.05) is 0 Å². The minimum absolute atomic E-state index is 0.101. The molecule has 0 unspecified atom stereocenters. The van der Waals surface area contributed by atoms with Crippen LogP contribution in [0.2, 0.25) is 0 Å². The Morgan fingerprint density at radius 3 is 2.35 bits per heavy atom. The average molecular weight is 475 g/mol. The van der Waals surface area contributed by atoms with Gasteiger partial charge in [0.2, 0.25) is 5.82 Å². The summed E-state index contributed by atoms with van der Waals surface area (Å²) in [6.45, 7) is 0. The van der Waals surface area contributed by atoms with E-state index < -0.39 is 34.6 Å². The molecule has 1 N–H and O–H groups in total. The minimum Gasteiger partial charge on any atom is -0.335 e. The maximum absolute atomic E-state index is 14.9. The fourth-order valence-corrected chi connectivity index (χ4v) is 3.48. The van der Waals surface area contributed by atoms with Crippen molar-refractivity contribution >= 4 is 11.0 Å². The van der Waals surface area contributed by atoms with Gasteiger partial charge in [0.1, 0.15) is 11.8 Å². The van der Waals surface area contributed by atoms with Crippen molar-refractivity contribution in [1.29, 1.82) is 0 Å². The van der Waals surface area contributed by atoms with Crippen molar-refractivity contribution in [2.75, 3.05) is 0 Å². The van der Waals surface area contributed by atoms with E-state index in [1.54, 1.807) is 0 Å². The Hall–Kier alpha value is -4.29. The zero-order chi connectivity index (χ0) is 24.1. The van der Waals surface area contributed by atoms with Gasteiger partial charge in [-0.2, -0.15) is 22.0 Å². The van der Waals surface area contributed by atoms with Gasteiger partial charge in [-0.15, -0.1) is 10.2 Å². The normalized spacial score (nSPS) is 12.4. The maximum atomic E-state index is 14.9. The third kappa shape index (κ3) is 3.54. The summed E-state index contributed by atoms with van der Waals surface area (Å²) in [5.74, 6) is -4.96. The number of hydrogen-bond acceptors (Lipinski definition) is 5. The number of nitrogens with one attached hydrogen (secondary N) is 1. The van der Waals surface area contributed by atoms with Gasteiger partial charge in [0, 0.05) is 29.7 Å². The second kappa shape index (κ2) is 7.64. The van der Waals surface area contributed by atoms with Crippen LogP contribution in [0.4, 0.5) is 26.3 Å². The van der Waals surface area contributed by atoms with E-state index in [1.165, 1.54) is 12.4 Å². The van der Waals surface area contributed by atoms with Crippen LogP contribution in [0.1, 0.15) is 16.7 Å². The third-order valence-corrected chi connectivity index (χ3v) is 5.07. The molecule has 0 radical (unpaired) electrons. The molecule has 0 saturated carbocycles. The largest absolute Gasteiger partial charge is 0.418 e. The van der Waals surface area contributed by atoms with Gasteiger partial charge in [-0.3, -0.25) is 14.5 Å².